The van der Waals surface area contributed by atoms with Gasteiger partial charge in [0.15, 0.2) is 0 Å². The summed E-state index contributed by atoms with van der Waals surface area (Å²) in [4.78, 5) is 23.6. The molecule has 1 aromatic heterocycles. The fourth-order valence-corrected chi connectivity index (χ4v) is 0.768. The van der Waals surface area contributed by atoms with Crippen LogP contribution in [0.25, 0.3) is 0 Å². The number of nitrogens with one attached hydrogen (secondary N) is 1. The van der Waals surface area contributed by atoms with Gasteiger partial charge in [0.25, 0.3) is 0 Å². The van der Waals surface area contributed by atoms with Crippen LogP contribution >= 0.6 is 0 Å². The minimum atomic E-state index is -0.480. The second kappa shape index (κ2) is 4.39. The van der Waals surface area contributed by atoms with Crippen LogP contribution in [0.4, 0.5) is 0 Å². The Bertz CT molecular complexity index is 353. The summed E-state index contributed by atoms with van der Waals surface area (Å²) in [5, 5.41) is 0. The van der Waals surface area contributed by atoms with Crippen LogP contribution in [0, 0.1) is 6.07 Å². The Hall–Kier alpha value is -0.658. The third kappa shape index (κ3) is 2.43. The third-order valence-electron chi connectivity index (χ3n) is 1.35. The van der Waals surface area contributed by atoms with Crippen molar-refractivity contribution in [2.75, 3.05) is 0 Å². The molecule has 0 fully saturated rings. The van der Waals surface area contributed by atoms with E-state index in [4.69, 9.17) is 0 Å². The monoisotopic (exact) mass is 340 g/mol. The van der Waals surface area contributed by atoms with Crippen molar-refractivity contribution in [2.24, 2.45) is 0 Å². The number of hydrogen-bond acceptors (Lipinski definition) is 2. The molecule has 5 heteroatoms. The maximum atomic E-state index is 11.0. The van der Waals surface area contributed by atoms with Crippen LogP contribution in [-0.2, 0) is 20.4 Å². The zero-order valence-electron chi connectivity index (χ0n) is 6.80. The molecule has 0 saturated carbocycles. The van der Waals surface area contributed by atoms with Crippen molar-refractivity contribution in [3.05, 3.63) is 33.1 Å². The Balaban J connectivity index is 0.00000121. The SMILES string of the molecule is CC(C)n1c[c-]c(=O)[nH]c1=O.[Re]. The molecule has 12 heavy (non-hydrogen) atoms. The van der Waals surface area contributed by atoms with E-state index in [-0.39, 0.29) is 32.2 Å². The van der Waals surface area contributed by atoms with Crippen molar-refractivity contribution in [2.45, 2.75) is 19.9 Å². The molecule has 67 valence electrons. The summed E-state index contributed by atoms with van der Waals surface area (Å²) in [7, 11) is 0. The largest absolute Gasteiger partial charge is 0.387 e. The molecule has 0 aliphatic rings. The maximum Gasteiger partial charge on any atom is 0.323 e. The molecular formula is C7H9N2O2Re-. The van der Waals surface area contributed by atoms with Gasteiger partial charge in [-0.2, -0.15) is 6.20 Å². The van der Waals surface area contributed by atoms with E-state index in [1.54, 1.807) is 0 Å². The second-order valence-corrected chi connectivity index (χ2v) is 2.53. The van der Waals surface area contributed by atoms with Crippen molar-refractivity contribution in [3.63, 3.8) is 0 Å². The van der Waals surface area contributed by atoms with Gasteiger partial charge in [0.2, 0.25) is 0 Å². The zero-order chi connectivity index (χ0) is 8.43. The van der Waals surface area contributed by atoms with Crippen LogP contribution in [0.1, 0.15) is 19.9 Å². The van der Waals surface area contributed by atoms with Crippen LogP contribution in [0.2, 0.25) is 0 Å². The number of aromatic nitrogens is 2. The minimum Gasteiger partial charge on any atom is -0.387 e. The smallest absolute Gasteiger partial charge is 0.323 e. The van der Waals surface area contributed by atoms with Gasteiger partial charge < -0.3 is 20.4 Å². The molecule has 0 amide bonds. The first-order valence-electron chi connectivity index (χ1n) is 3.34. The van der Waals surface area contributed by atoms with Crippen molar-refractivity contribution in [3.8, 4) is 0 Å². The van der Waals surface area contributed by atoms with E-state index in [9.17, 15) is 9.59 Å². The van der Waals surface area contributed by atoms with E-state index in [0.29, 0.717) is 0 Å². The van der Waals surface area contributed by atoms with E-state index in [1.807, 2.05) is 13.8 Å². The van der Waals surface area contributed by atoms with Gasteiger partial charge in [-0.05, 0) is 13.8 Å². The Morgan fingerprint density at radius 2 is 2.08 bits per heavy atom. The average Bonchev–Trinajstić information content (AvgIpc) is 1.85. The van der Waals surface area contributed by atoms with Crippen LogP contribution < -0.4 is 11.2 Å². The molecule has 0 aliphatic carbocycles. The second-order valence-electron chi connectivity index (χ2n) is 2.53. The van der Waals surface area contributed by atoms with Gasteiger partial charge in [0, 0.05) is 26.5 Å². The normalized spacial score (nSPS) is 9.58. The number of nitrogens with zero attached hydrogens (tertiary/aromatic N) is 1. The molecule has 0 bridgehead atoms. The minimum absolute atomic E-state index is 0. The number of aromatic amines is 1. The molecule has 0 atom stereocenters. The first-order chi connectivity index (χ1) is 5.11. The van der Waals surface area contributed by atoms with E-state index >= 15 is 0 Å². The molecule has 0 saturated heterocycles. The third-order valence-corrected chi connectivity index (χ3v) is 1.35. The summed E-state index contributed by atoms with van der Waals surface area (Å²) < 4.78 is 1.40. The van der Waals surface area contributed by atoms with Gasteiger partial charge in [-0.25, -0.2) is 4.79 Å². The fourth-order valence-electron chi connectivity index (χ4n) is 0.768. The van der Waals surface area contributed by atoms with Gasteiger partial charge in [-0.3, -0.25) is 0 Å². The molecule has 1 heterocycles. The van der Waals surface area contributed by atoms with E-state index < -0.39 is 5.56 Å². The molecule has 1 aromatic rings. The summed E-state index contributed by atoms with van der Waals surface area (Å²) in [6, 6.07) is 2.43. The molecule has 1 N–H and O–H groups in total. The van der Waals surface area contributed by atoms with Gasteiger partial charge in [0.1, 0.15) is 0 Å². The zero-order valence-corrected chi connectivity index (χ0v) is 9.51. The fraction of sp³-hybridized carbons (Fsp3) is 0.429. The molecule has 0 aliphatic heterocycles. The van der Waals surface area contributed by atoms with Crippen molar-refractivity contribution in [1.29, 1.82) is 0 Å². The molecule has 0 spiro atoms. The van der Waals surface area contributed by atoms with Crippen LogP contribution in [0.15, 0.2) is 15.8 Å². The molecule has 0 aromatic carbocycles. The molecular weight excluding hydrogens is 330 g/mol. The molecule has 4 nitrogen and oxygen atoms in total. The average molecular weight is 339 g/mol. The Morgan fingerprint density at radius 3 is 2.50 bits per heavy atom. The van der Waals surface area contributed by atoms with Gasteiger partial charge in [0.05, 0.1) is 5.56 Å². The summed E-state index contributed by atoms with van der Waals surface area (Å²) >= 11 is 0. The van der Waals surface area contributed by atoms with Crippen LogP contribution in [0.5, 0.6) is 0 Å². The summed E-state index contributed by atoms with van der Waals surface area (Å²) in [5.74, 6) is 0. The number of rotatable bonds is 1. The standard InChI is InChI=1S/C7H9N2O2.Re/c1-5(2)9-4-3-6(10)8-7(9)11;/h4-5H,1-2H3,(H,8,10,11);/q-1;. The van der Waals surface area contributed by atoms with Crippen LogP contribution in [-0.4, -0.2) is 9.55 Å². The van der Waals surface area contributed by atoms with Crippen molar-refractivity contribution < 1.29 is 20.4 Å². The number of H-pyrrole nitrogens is 1. The Labute approximate surface area is 83.3 Å². The molecule has 0 unspecified atom stereocenters. The quantitative estimate of drug-likeness (QED) is 0.728. The topological polar surface area (TPSA) is 54.9 Å². The Kier molecular flexibility index (Phi) is 4.15. The van der Waals surface area contributed by atoms with Gasteiger partial charge in [-0.1, -0.05) is 0 Å². The predicted octanol–water partition coefficient (Wildman–Crippen LogP) is -0.0848. The number of hydrogen-bond donors (Lipinski definition) is 1. The first kappa shape index (κ1) is 11.3. The van der Waals surface area contributed by atoms with E-state index in [2.05, 4.69) is 11.1 Å². The summed E-state index contributed by atoms with van der Waals surface area (Å²) in [6.07, 6.45) is 1.37. The molecule has 1 radical (unpaired) electrons. The van der Waals surface area contributed by atoms with Crippen molar-refractivity contribution in [1.82, 2.24) is 9.55 Å². The van der Waals surface area contributed by atoms with E-state index in [1.165, 1.54) is 10.8 Å². The predicted molar refractivity (Wildman–Crippen MR) is 40.5 cm³/mol. The maximum absolute atomic E-state index is 11.0. The summed E-state index contributed by atoms with van der Waals surface area (Å²) in [5.41, 5.74) is -0.865. The van der Waals surface area contributed by atoms with Crippen molar-refractivity contribution >= 4 is 0 Å². The van der Waals surface area contributed by atoms with Gasteiger partial charge >= 0.3 is 5.69 Å². The van der Waals surface area contributed by atoms with Gasteiger partial charge in [-0.15, -0.1) is 0 Å². The van der Waals surface area contributed by atoms with Crippen LogP contribution in [0.3, 0.4) is 0 Å². The first-order valence-corrected chi connectivity index (χ1v) is 3.34. The van der Waals surface area contributed by atoms with E-state index in [0.717, 1.165) is 0 Å². The molecule has 1 rings (SSSR count). The summed E-state index contributed by atoms with van der Waals surface area (Å²) in [6.45, 7) is 3.71. The Morgan fingerprint density at radius 1 is 1.50 bits per heavy atom.